The van der Waals surface area contributed by atoms with Crippen LogP contribution in [0.15, 0.2) is 12.1 Å². The molecule has 1 aromatic rings. The van der Waals surface area contributed by atoms with E-state index in [0.29, 0.717) is 0 Å². The lowest BCUT2D eigenvalue weighted by molar-refractivity contribution is -0.266. The van der Waals surface area contributed by atoms with Gasteiger partial charge >= 0.3 is 6.18 Å². The largest absolute Gasteiger partial charge is 0.422 e. The first-order chi connectivity index (χ1) is 6.31. The minimum atomic E-state index is -4.67. The molecule has 0 aromatic carbocycles. The minimum absolute atomic E-state index is 0.169. The van der Waals surface area contributed by atoms with Gasteiger partial charge in [0.05, 0.1) is 4.34 Å². The Kier molecular flexibility index (Phi) is 3.13. The fourth-order valence-electron chi connectivity index (χ4n) is 1.05. The first-order valence-electron chi connectivity index (χ1n) is 3.86. The van der Waals surface area contributed by atoms with Gasteiger partial charge in [-0.1, -0.05) is 18.5 Å². The average molecular weight is 245 g/mol. The van der Waals surface area contributed by atoms with E-state index in [0.717, 1.165) is 11.3 Å². The van der Waals surface area contributed by atoms with Crippen LogP contribution < -0.4 is 0 Å². The van der Waals surface area contributed by atoms with Crippen LogP contribution in [0.3, 0.4) is 0 Å². The number of thiophene rings is 1. The van der Waals surface area contributed by atoms with Gasteiger partial charge in [-0.2, -0.15) is 13.2 Å². The lowest BCUT2D eigenvalue weighted by Gasteiger charge is -2.28. The van der Waals surface area contributed by atoms with E-state index in [4.69, 9.17) is 11.6 Å². The second kappa shape index (κ2) is 3.72. The maximum Gasteiger partial charge on any atom is 0.422 e. The number of aliphatic hydroxyl groups is 1. The van der Waals surface area contributed by atoms with Gasteiger partial charge in [-0.3, -0.25) is 0 Å². The Hall–Kier alpha value is -0.260. The Morgan fingerprint density at radius 3 is 2.29 bits per heavy atom. The molecule has 1 nitrogen and oxygen atoms in total. The van der Waals surface area contributed by atoms with Crippen molar-refractivity contribution in [2.24, 2.45) is 0 Å². The zero-order valence-corrected chi connectivity index (χ0v) is 8.80. The van der Waals surface area contributed by atoms with Gasteiger partial charge in [-0.05, 0) is 18.6 Å². The molecule has 14 heavy (non-hydrogen) atoms. The summed E-state index contributed by atoms with van der Waals surface area (Å²) in [6.45, 7) is 1.28. The van der Waals surface area contributed by atoms with Crippen LogP contribution in [0, 0.1) is 0 Å². The summed E-state index contributed by atoms with van der Waals surface area (Å²) < 4.78 is 37.8. The first kappa shape index (κ1) is 11.8. The Labute approximate surface area is 88.1 Å². The molecule has 0 amide bonds. The van der Waals surface area contributed by atoms with Crippen molar-refractivity contribution in [3.8, 4) is 0 Å². The lowest BCUT2D eigenvalue weighted by atomic mass is 9.98. The molecule has 1 atom stereocenters. The highest BCUT2D eigenvalue weighted by atomic mass is 35.5. The zero-order valence-electron chi connectivity index (χ0n) is 7.23. The van der Waals surface area contributed by atoms with E-state index in [9.17, 15) is 18.3 Å². The molecule has 0 spiro atoms. The van der Waals surface area contributed by atoms with Crippen LogP contribution in [0.25, 0.3) is 0 Å². The molecule has 80 valence electrons. The molecule has 6 heteroatoms. The van der Waals surface area contributed by atoms with Crippen LogP contribution in [0.2, 0.25) is 4.34 Å². The van der Waals surface area contributed by atoms with E-state index in [-0.39, 0.29) is 9.21 Å². The molecule has 1 unspecified atom stereocenters. The Morgan fingerprint density at radius 1 is 1.43 bits per heavy atom. The van der Waals surface area contributed by atoms with E-state index in [1.54, 1.807) is 0 Å². The van der Waals surface area contributed by atoms with Crippen molar-refractivity contribution in [1.29, 1.82) is 0 Å². The van der Waals surface area contributed by atoms with E-state index >= 15 is 0 Å². The smallest absolute Gasteiger partial charge is 0.376 e. The Bertz CT molecular complexity index is 323. The van der Waals surface area contributed by atoms with Crippen molar-refractivity contribution in [3.05, 3.63) is 21.3 Å². The Morgan fingerprint density at radius 2 is 2.00 bits per heavy atom. The van der Waals surface area contributed by atoms with Crippen molar-refractivity contribution in [3.63, 3.8) is 0 Å². The summed E-state index contributed by atoms with van der Waals surface area (Å²) in [5.74, 6) is 0. The summed E-state index contributed by atoms with van der Waals surface area (Å²) in [5.41, 5.74) is -2.77. The fraction of sp³-hybridized carbons (Fsp3) is 0.500. The molecule has 1 rings (SSSR count). The highest BCUT2D eigenvalue weighted by molar-refractivity contribution is 7.16. The van der Waals surface area contributed by atoms with Crippen molar-refractivity contribution >= 4 is 22.9 Å². The van der Waals surface area contributed by atoms with Crippen LogP contribution in [0.1, 0.15) is 18.2 Å². The van der Waals surface area contributed by atoms with Crippen LogP contribution in [0.5, 0.6) is 0 Å². The van der Waals surface area contributed by atoms with E-state index in [1.165, 1.54) is 19.1 Å². The number of hydrogen-bond acceptors (Lipinski definition) is 2. The van der Waals surface area contributed by atoms with Gasteiger partial charge in [0, 0.05) is 4.88 Å². The van der Waals surface area contributed by atoms with E-state index in [1.807, 2.05) is 0 Å². The normalized spacial score (nSPS) is 16.7. The van der Waals surface area contributed by atoms with Gasteiger partial charge in [0.1, 0.15) is 0 Å². The second-order valence-corrected chi connectivity index (χ2v) is 4.53. The van der Waals surface area contributed by atoms with Crippen LogP contribution in [-0.2, 0) is 5.60 Å². The topological polar surface area (TPSA) is 20.2 Å². The molecular formula is C8H8ClF3OS. The molecule has 0 saturated carbocycles. The van der Waals surface area contributed by atoms with Crippen molar-refractivity contribution in [2.45, 2.75) is 25.1 Å². The van der Waals surface area contributed by atoms with Gasteiger partial charge < -0.3 is 5.11 Å². The third-order valence-corrected chi connectivity index (χ3v) is 3.34. The number of halogens is 4. The highest BCUT2D eigenvalue weighted by Crippen LogP contribution is 2.44. The van der Waals surface area contributed by atoms with Crippen molar-refractivity contribution in [2.75, 3.05) is 0 Å². The van der Waals surface area contributed by atoms with E-state index in [2.05, 4.69) is 0 Å². The molecule has 0 fully saturated rings. The fourth-order valence-corrected chi connectivity index (χ4v) is 2.27. The average Bonchev–Trinajstić information content (AvgIpc) is 2.48. The summed E-state index contributed by atoms with van der Waals surface area (Å²) in [6.07, 6.45) is -5.09. The second-order valence-electron chi connectivity index (χ2n) is 2.82. The quantitative estimate of drug-likeness (QED) is 0.843. The summed E-state index contributed by atoms with van der Waals surface area (Å²) in [7, 11) is 0. The molecule has 0 radical (unpaired) electrons. The van der Waals surface area contributed by atoms with Crippen molar-refractivity contribution < 1.29 is 18.3 Å². The van der Waals surface area contributed by atoms with Gasteiger partial charge in [-0.15, -0.1) is 11.3 Å². The monoisotopic (exact) mass is 244 g/mol. The zero-order chi connectivity index (χ0) is 11.0. The molecule has 0 aliphatic heterocycles. The van der Waals surface area contributed by atoms with Crippen LogP contribution >= 0.6 is 22.9 Å². The maximum atomic E-state index is 12.5. The molecule has 0 aliphatic carbocycles. The third-order valence-electron chi connectivity index (χ3n) is 1.96. The summed E-state index contributed by atoms with van der Waals surface area (Å²) in [5, 5.41) is 9.47. The number of hydrogen-bond donors (Lipinski definition) is 1. The standard InChI is InChI=1S/C8H8ClF3OS/c1-2-7(13,8(10,11)12)5-3-4-6(9)14-5/h3-4,13H,2H2,1H3. The van der Waals surface area contributed by atoms with E-state index < -0.39 is 18.2 Å². The van der Waals surface area contributed by atoms with Crippen LogP contribution in [0.4, 0.5) is 13.2 Å². The summed E-state index contributed by atoms with van der Waals surface area (Å²) >= 11 is 6.26. The molecule has 0 aliphatic rings. The predicted molar refractivity (Wildman–Crippen MR) is 49.6 cm³/mol. The molecule has 1 aromatic heterocycles. The lowest BCUT2D eigenvalue weighted by Crippen LogP contribution is -2.40. The molecule has 1 heterocycles. The maximum absolute atomic E-state index is 12.5. The summed E-state index contributed by atoms with van der Waals surface area (Å²) in [6, 6.07) is 2.54. The number of alkyl halides is 3. The summed E-state index contributed by atoms with van der Waals surface area (Å²) in [4.78, 5) is -0.169. The van der Waals surface area contributed by atoms with Gasteiger partial charge in [0.2, 0.25) is 0 Å². The van der Waals surface area contributed by atoms with Crippen molar-refractivity contribution in [1.82, 2.24) is 0 Å². The number of rotatable bonds is 2. The minimum Gasteiger partial charge on any atom is -0.376 e. The SMILES string of the molecule is CCC(O)(c1ccc(Cl)s1)C(F)(F)F. The van der Waals surface area contributed by atoms with Gasteiger partial charge in [0.15, 0.2) is 5.60 Å². The molecular weight excluding hydrogens is 237 g/mol. The molecule has 1 N–H and O–H groups in total. The third kappa shape index (κ3) is 1.89. The predicted octanol–water partition coefficient (Wildman–Crippen LogP) is 3.56. The first-order valence-corrected chi connectivity index (χ1v) is 5.05. The van der Waals surface area contributed by atoms with Gasteiger partial charge in [-0.25, -0.2) is 0 Å². The van der Waals surface area contributed by atoms with Crippen LogP contribution in [-0.4, -0.2) is 11.3 Å². The highest BCUT2D eigenvalue weighted by Gasteiger charge is 2.54. The van der Waals surface area contributed by atoms with Gasteiger partial charge in [0.25, 0.3) is 0 Å². The molecule has 0 bridgehead atoms. The molecule has 0 saturated heterocycles. The Balaban J connectivity index is 3.14.